The molecule has 1 heterocycles. The van der Waals surface area contributed by atoms with Gasteiger partial charge in [-0.05, 0) is 97.5 Å². The molecule has 0 atom stereocenters. The molecule has 0 aliphatic carbocycles. The molecule has 0 saturated carbocycles. The van der Waals surface area contributed by atoms with Crippen LogP contribution >= 0.6 is 15.9 Å². The van der Waals surface area contributed by atoms with Gasteiger partial charge in [-0.3, -0.25) is 0 Å². The quantitative estimate of drug-likeness (QED) is 0.185. The molecule has 0 aliphatic heterocycles. The lowest BCUT2D eigenvalue weighted by Gasteiger charge is -2.26. The van der Waals surface area contributed by atoms with E-state index in [2.05, 4.69) is 166 Å². The summed E-state index contributed by atoms with van der Waals surface area (Å²) in [6, 6.07) is 55.9. The molecule has 0 radical (unpaired) electrons. The van der Waals surface area contributed by atoms with Crippen LogP contribution in [0.15, 0.2) is 167 Å². The molecule has 0 N–H and O–H groups in total. The number of para-hydroxylation sites is 1. The summed E-state index contributed by atoms with van der Waals surface area (Å²) >= 11 is 3.82. The number of furan rings is 1. The summed E-state index contributed by atoms with van der Waals surface area (Å²) in [5.41, 5.74) is 9.74. The Hall–Kier alpha value is -5.12. The predicted octanol–water partition coefficient (Wildman–Crippen LogP) is 13.3. The number of rotatable bonds is 5. The Bertz CT molecular complexity index is 2230. The minimum Gasteiger partial charge on any atom is -0.455 e. The molecule has 7 aromatic carbocycles. The fraction of sp³-hybridized carbons (Fsp3) is 0.0476. The van der Waals surface area contributed by atoms with Crippen LogP contribution in [-0.4, -0.2) is 0 Å². The second kappa shape index (κ2) is 12.5. The van der Waals surface area contributed by atoms with Gasteiger partial charge in [0.2, 0.25) is 0 Å². The maximum atomic E-state index is 6.22. The zero-order valence-corrected chi connectivity index (χ0v) is 26.8. The normalized spacial score (nSPS) is 11.0. The maximum absolute atomic E-state index is 6.22. The van der Waals surface area contributed by atoms with Crippen LogP contribution < -0.4 is 4.90 Å². The molecule has 8 aromatic rings. The molecule has 2 nitrogen and oxygen atoms in total. The predicted molar refractivity (Wildman–Crippen MR) is 196 cm³/mol. The second-order valence-corrected chi connectivity index (χ2v) is 11.6. The van der Waals surface area contributed by atoms with Gasteiger partial charge in [-0.2, -0.15) is 0 Å². The molecule has 0 amide bonds. The molecule has 0 saturated heterocycles. The minimum atomic E-state index is 0.857. The molecule has 0 bridgehead atoms. The van der Waals surface area contributed by atoms with Crippen molar-refractivity contribution >= 4 is 65.7 Å². The Morgan fingerprint density at radius 2 is 1.00 bits per heavy atom. The van der Waals surface area contributed by atoms with E-state index < -0.39 is 0 Å². The van der Waals surface area contributed by atoms with Crippen LogP contribution in [0.25, 0.3) is 55.0 Å². The third-order valence-corrected chi connectivity index (χ3v) is 8.71. The van der Waals surface area contributed by atoms with Crippen LogP contribution in [0, 0.1) is 0 Å². The van der Waals surface area contributed by atoms with E-state index in [1.54, 1.807) is 0 Å². The fourth-order valence-corrected chi connectivity index (χ4v) is 6.48. The number of anilines is 3. The van der Waals surface area contributed by atoms with Gasteiger partial charge in [-0.15, -0.1) is 0 Å². The third-order valence-electron chi connectivity index (χ3n) is 8.12. The summed E-state index contributed by atoms with van der Waals surface area (Å²) in [6.45, 7) is 4.00. The highest BCUT2D eigenvalue weighted by Gasteiger charge is 2.18. The summed E-state index contributed by atoms with van der Waals surface area (Å²) < 4.78 is 7.15. The first-order valence-electron chi connectivity index (χ1n) is 15.4. The van der Waals surface area contributed by atoms with Gasteiger partial charge in [0.05, 0.1) is 4.47 Å². The molecule has 0 fully saturated rings. The first kappa shape index (κ1) is 28.6. The molecular weight excluding hydrogens is 614 g/mol. The van der Waals surface area contributed by atoms with E-state index >= 15 is 0 Å². The highest BCUT2D eigenvalue weighted by atomic mass is 79.9. The monoisotopic (exact) mass is 645 g/mol. The van der Waals surface area contributed by atoms with Crippen LogP contribution in [-0.2, 0) is 0 Å². The van der Waals surface area contributed by atoms with Gasteiger partial charge in [0.25, 0.3) is 0 Å². The van der Waals surface area contributed by atoms with Crippen molar-refractivity contribution in [3.05, 3.63) is 162 Å². The van der Waals surface area contributed by atoms with E-state index in [9.17, 15) is 0 Å². The van der Waals surface area contributed by atoms with Crippen LogP contribution in [0.2, 0.25) is 0 Å². The van der Waals surface area contributed by atoms with Gasteiger partial charge in [-0.25, -0.2) is 0 Å². The van der Waals surface area contributed by atoms with Gasteiger partial charge in [0.15, 0.2) is 0 Å². The summed E-state index contributed by atoms with van der Waals surface area (Å²) in [4.78, 5) is 2.31. The molecule has 218 valence electrons. The first-order valence-corrected chi connectivity index (χ1v) is 16.2. The van der Waals surface area contributed by atoms with Crippen molar-refractivity contribution in [1.29, 1.82) is 0 Å². The zero-order valence-electron chi connectivity index (χ0n) is 25.2. The number of hydrogen-bond donors (Lipinski definition) is 0. The maximum Gasteiger partial charge on any atom is 0.149 e. The lowest BCUT2D eigenvalue weighted by molar-refractivity contribution is 0.667. The average molecular weight is 647 g/mol. The topological polar surface area (TPSA) is 16.4 Å². The summed E-state index contributed by atoms with van der Waals surface area (Å²) in [7, 11) is 0. The van der Waals surface area contributed by atoms with Crippen LogP contribution in [0.3, 0.4) is 0 Å². The van der Waals surface area contributed by atoms with Crippen molar-refractivity contribution in [1.82, 2.24) is 0 Å². The van der Waals surface area contributed by atoms with Crippen LogP contribution in [0.4, 0.5) is 17.1 Å². The second-order valence-electron chi connectivity index (χ2n) is 10.8. The Morgan fingerprint density at radius 3 is 1.71 bits per heavy atom. The van der Waals surface area contributed by atoms with Crippen LogP contribution in [0.5, 0.6) is 0 Å². The Morgan fingerprint density at radius 1 is 0.444 bits per heavy atom. The van der Waals surface area contributed by atoms with Crippen molar-refractivity contribution in [2.24, 2.45) is 0 Å². The van der Waals surface area contributed by atoms with Crippen LogP contribution in [0.1, 0.15) is 13.8 Å². The number of halogens is 1. The van der Waals surface area contributed by atoms with Crippen molar-refractivity contribution in [3.63, 3.8) is 0 Å². The fourth-order valence-electron chi connectivity index (χ4n) is 5.95. The first-order chi connectivity index (χ1) is 22.2. The molecule has 0 unspecified atom stereocenters. The number of hydrogen-bond acceptors (Lipinski definition) is 2. The van der Waals surface area contributed by atoms with E-state index in [4.69, 9.17) is 4.42 Å². The van der Waals surface area contributed by atoms with Crippen molar-refractivity contribution in [2.45, 2.75) is 13.8 Å². The zero-order chi connectivity index (χ0) is 30.8. The standard InChI is InChI=1S/C40H26BrNO.C2H6/c41-38-26-35(25-37-36-12-6-7-13-39(36)43-40(37)38)42(33-20-16-29(17-21-33)27-8-2-1-3-9-27)34-22-18-30(19-23-34)32-15-14-28-10-4-5-11-31(28)24-32;1-2/h1-26H;1-2H3. The van der Waals surface area contributed by atoms with Gasteiger partial charge in [0.1, 0.15) is 11.2 Å². The lowest BCUT2D eigenvalue weighted by atomic mass is 10.0. The van der Waals surface area contributed by atoms with E-state index in [1.165, 1.54) is 33.0 Å². The average Bonchev–Trinajstić information content (AvgIpc) is 3.49. The molecular formula is C42H32BrNO. The van der Waals surface area contributed by atoms with Crippen molar-refractivity contribution in [2.75, 3.05) is 4.90 Å². The lowest BCUT2D eigenvalue weighted by Crippen LogP contribution is -2.10. The van der Waals surface area contributed by atoms with E-state index in [1.807, 2.05) is 26.0 Å². The summed E-state index contributed by atoms with van der Waals surface area (Å²) in [5.74, 6) is 0. The number of benzene rings is 7. The van der Waals surface area contributed by atoms with Crippen molar-refractivity contribution in [3.8, 4) is 22.3 Å². The van der Waals surface area contributed by atoms with E-state index in [-0.39, 0.29) is 0 Å². The molecule has 0 spiro atoms. The SMILES string of the molecule is Brc1cc(N(c2ccc(-c3ccccc3)cc2)c2ccc(-c3ccc4ccccc4c3)cc2)cc2c1oc1ccccc12.CC. The van der Waals surface area contributed by atoms with Crippen molar-refractivity contribution < 1.29 is 4.42 Å². The molecule has 3 heteroatoms. The molecule has 45 heavy (non-hydrogen) atoms. The molecule has 1 aromatic heterocycles. The van der Waals surface area contributed by atoms with Gasteiger partial charge >= 0.3 is 0 Å². The highest BCUT2D eigenvalue weighted by Crippen LogP contribution is 2.42. The van der Waals surface area contributed by atoms with Gasteiger partial charge in [-0.1, -0.05) is 123 Å². The highest BCUT2D eigenvalue weighted by molar-refractivity contribution is 9.10. The minimum absolute atomic E-state index is 0.857. The number of nitrogens with zero attached hydrogens (tertiary/aromatic N) is 1. The Labute approximate surface area is 272 Å². The Balaban J connectivity index is 0.00000160. The van der Waals surface area contributed by atoms with Gasteiger partial charge < -0.3 is 9.32 Å². The summed E-state index contributed by atoms with van der Waals surface area (Å²) in [6.07, 6.45) is 0. The third kappa shape index (κ3) is 5.52. The van der Waals surface area contributed by atoms with E-state index in [0.29, 0.717) is 0 Å². The summed E-state index contributed by atoms with van der Waals surface area (Å²) in [5, 5.41) is 4.68. The molecule has 8 rings (SSSR count). The smallest absolute Gasteiger partial charge is 0.149 e. The molecule has 0 aliphatic rings. The number of fused-ring (bicyclic) bond motifs is 4. The van der Waals surface area contributed by atoms with E-state index in [0.717, 1.165) is 43.5 Å². The largest absolute Gasteiger partial charge is 0.455 e. The Kier molecular flexibility index (Phi) is 7.94. The van der Waals surface area contributed by atoms with Gasteiger partial charge in [0, 0.05) is 27.8 Å².